The Bertz CT molecular complexity index is 799. The Hall–Kier alpha value is -2.14. The minimum Gasteiger partial charge on any atom is -0.269 e. The van der Waals surface area contributed by atoms with E-state index in [9.17, 15) is 9.59 Å². The molecule has 90 valence electrons. The maximum atomic E-state index is 12.1. The van der Waals surface area contributed by atoms with Crippen LogP contribution in [0.2, 0.25) is 0 Å². The molecule has 1 aromatic carbocycles. The van der Waals surface area contributed by atoms with Crippen LogP contribution < -0.4 is 11.2 Å². The first-order chi connectivity index (χ1) is 8.75. The van der Waals surface area contributed by atoms with E-state index in [1.54, 1.807) is 11.6 Å². The van der Waals surface area contributed by atoms with Gasteiger partial charge in [-0.05, 0) is 5.56 Å². The normalized spacial score (nSPS) is 10.9. The highest BCUT2D eigenvalue weighted by molar-refractivity contribution is 7.15. The van der Waals surface area contributed by atoms with Gasteiger partial charge in [-0.3, -0.25) is 13.8 Å². The van der Waals surface area contributed by atoms with E-state index >= 15 is 0 Å². The van der Waals surface area contributed by atoms with Gasteiger partial charge >= 0.3 is 5.69 Å². The third-order valence-electron chi connectivity index (χ3n) is 2.77. The molecule has 0 bridgehead atoms. The van der Waals surface area contributed by atoms with Crippen molar-refractivity contribution in [3.05, 3.63) is 74.4 Å². The molecule has 0 N–H and O–H groups in total. The Kier molecular flexibility index (Phi) is 2.60. The molecule has 0 amide bonds. The van der Waals surface area contributed by atoms with E-state index in [0.29, 0.717) is 11.4 Å². The molecule has 0 fully saturated rings. The molecule has 0 aliphatic rings. The number of hydrogen-bond acceptors (Lipinski definition) is 3. The number of thiazole rings is 1. The summed E-state index contributed by atoms with van der Waals surface area (Å²) in [6.45, 7) is 0.303. The zero-order valence-corrected chi connectivity index (χ0v) is 10.3. The number of fused-ring (bicyclic) bond motifs is 1. The summed E-state index contributed by atoms with van der Waals surface area (Å²) in [6, 6.07) is 11.0. The molecule has 18 heavy (non-hydrogen) atoms. The Balaban J connectivity index is 2.18. The van der Waals surface area contributed by atoms with Crippen molar-refractivity contribution < 1.29 is 0 Å². The van der Waals surface area contributed by atoms with Gasteiger partial charge in [0.1, 0.15) is 4.83 Å². The van der Waals surface area contributed by atoms with Gasteiger partial charge in [-0.2, -0.15) is 0 Å². The standard InChI is InChI=1S/C13H10N2O2S/c16-11-8-12-14(6-7-18-12)13(17)15(11)9-10-4-2-1-3-5-10/h1-8H,9H2. The SMILES string of the molecule is O=c1cc2sccn2c(=O)n1Cc1ccccc1. The number of nitrogens with zero attached hydrogens (tertiary/aromatic N) is 2. The molecule has 2 aromatic heterocycles. The lowest BCUT2D eigenvalue weighted by molar-refractivity contribution is 0.690. The molecule has 0 atom stereocenters. The fourth-order valence-electron chi connectivity index (χ4n) is 1.87. The van der Waals surface area contributed by atoms with Crippen LogP contribution in [0, 0.1) is 0 Å². The fraction of sp³-hybridized carbons (Fsp3) is 0.0769. The molecule has 0 saturated heterocycles. The first-order valence-electron chi connectivity index (χ1n) is 5.49. The lowest BCUT2D eigenvalue weighted by Crippen LogP contribution is -2.36. The Morgan fingerprint density at radius 2 is 1.89 bits per heavy atom. The highest BCUT2D eigenvalue weighted by Gasteiger charge is 2.07. The molecule has 0 aliphatic heterocycles. The minimum absolute atomic E-state index is 0.258. The average Bonchev–Trinajstić information content (AvgIpc) is 2.84. The summed E-state index contributed by atoms with van der Waals surface area (Å²) in [6.07, 6.45) is 1.68. The molecule has 3 rings (SSSR count). The van der Waals surface area contributed by atoms with Gasteiger partial charge in [0.15, 0.2) is 0 Å². The molecular formula is C13H10N2O2S. The Morgan fingerprint density at radius 1 is 1.11 bits per heavy atom. The molecule has 0 radical (unpaired) electrons. The van der Waals surface area contributed by atoms with Crippen molar-refractivity contribution in [3.63, 3.8) is 0 Å². The van der Waals surface area contributed by atoms with E-state index in [1.165, 1.54) is 26.4 Å². The summed E-state index contributed by atoms with van der Waals surface area (Å²) in [4.78, 5) is 24.7. The van der Waals surface area contributed by atoms with Gasteiger partial charge in [0.05, 0.1) is 6.54 Å². The number of aromatic nitrogens is 2. The smallest absolute Gasteiger partial charge is 0.269 e. The van der Waals surface area contributed by atoms with Crippen LogP contribution in [0.5, 0.6) is 0 Å². The number of hydrogen-bond donors (Lipinski definition) is 0. The van der Waals surface area contributed by atoms with Gasteiger partial charge in [0, 0.05) is 17.6 Å². The second-order valence-corrected chi connectivity index (χ2v) is 4.87. The van der Waals surface area contributed by atoms with Crippen molar-refractivity contribution >= 4 is 16.2 Å². The number of rotatable bonds is 2. The van der Waals surface area contributed by atoms with E-state index in [4.69, 9.17) is 0 Å². The largest absolute Gasteiger partial charge is 0.336 e. The lowest BCUT2D eigenvalue weighted by Gasteiger charge is -2.05. The predicted octanol–water partition coefficient (Wildman–Crippen LogP) is 1.57. The molecule has 0 unspecified atom stereocenters. The maximum Gasteiger partial charge on any atom is 0.336 e. The topological polar surface area (TPSA) is 43.5 Å². The van der Waals surface area contributed by atoms with E-state index in [-0.39, 0.29) is 11.2 Å². The van der Waals surface area contributed by atoms with Crippen LogP contribution in [0.3, 0.4) is 0 Å². The first kappa shape index (κ1) is 11.0. The lowest BCUT2D eigenvalue weighted by atomic mass is 10.2. The molecular weight excluding hydrogens is 248 g/mol. The molecule has 5 heteroatoms. The van der Waals surface area contributed by atoms with Gasteiger partial charge in [-0.25, -0.2) is 4.79 Å². The van der Waals surface area contributed by atoms with Crippen molar-refractivity contribution in [2.45, 2.75) is 6.54 Å². The minimum atomic E-state index is -0.289. The summed E-state index contributed by atoms with van der Waals surface area (Å²) < 4.78 is 2.74. The summed E-state index contributed by atoms with van der Waals surface area (Å²) in [5, 5.41) is 1.79. The fourth-order valence-corrected chi connectivity index (χ4v) is 2.62. The zero-order valence-electron chi connectivity index (χ0n) is 9.45. The van der Waals surface area contributed by atoms with Crippen molar-refractivity contribution in [2.75, 3.05) is 0 Å². The predicted molar refractivity (Wildman–Crippen MR) is 71.3 cm³/mol. The molecule has 2 heterocycles. The van der Waals surface area contributed by atoms with Gasteiger partial charge in [0.2, 0.25) is 0 Å². The summed E-state index contributed by atoms with van der Waals surface area (Å²) in [5.74, 6) is 0. The van der Waals surface area contributed by atoms with Gasteiger partial charge in [-0.1, -0.05) is 30.3 Å². The Labute approximate surface area is 106 Å². The Morgan fingerprint density at radius 3 is 2.67 bits per heavy atom. The van der Waals surface area contributed by atoms with E-state index in [1.807, 2.05) is 30.3 Å². The number of benzene rings is 1. The quantitative estimate of drug-likeness (QED) is 0.700. The third-order valence-corrected chi connectivity index (χ3v) is 3.58. The van der Waals surface area contributed by atoms with Gasteiger partial charge in [-0.15, -0.1) is 11.3 Å². The van der Waals surface area contributed by atoms with Crippen LogP contribution >= 0.6 is 11.3 Å². The molecule has 3 aromatic rings. The average molecular weight is 258 g/mol. The van der Waals surface area contributed by atoms with Crippen LogP contribution in [0.4, 0.5) is 0 Å². The van der Waals surface area contributed by atoms with E-state index in [0.717, 1.165) is 5.56 Å². The summed E-state index contributed by atoms with van der Waals surface area (Å²) in [7, 11) is 0. The van der Waals surface area contributed by atoms with E-state index < -0.39 is 0 Å². The van der Waals surface area contributed by atoms with Crippen LogP contribution in [-0.4, -0.2) is 8.97 Å². The molecule has 4 nitrogen and oxygen atoms in total. The highest BCUT2D eigenvalue weighted by Crippen LogP contribution is 2.06. The molecule has 0 spiro atoms. The van der Waals surface area contributed by atoms with Gasteiger partial charge in [0.25, 0.3) is 5.56 Å². The molecule has 0 aliphatic carbocycles. The van der Waals surface area contributed by atoms with Crippen LogP contribution in [0.15, 0.2) is 57.6 Å². The van der Waals surface area contributed by atoms with Crippen LogP contribution in [0.25, 0.3) is 4.83 Å². The van der Waals surface area contributed by atoms with Gasteiger partial charge < -0.3 is 0 Å². The highest BCUT2D eigenvalue weighted by atomic mass is 32.1. The van der Waals surface area contributed by atoms with Crippen molar-refractivity contribution in [1.82, 2.24) is 8.97 Å². The van der Waals surface area contributed by atoms with Crippen molar-refractivity contribution in [1.29, 1.82) is 0 Å². The summed E-state index contributed by atoms with van der Waals surface area (Å²) in [5.41, 5.74) is 0.390. The van der Waals surface area contributed by atoms with Crippen LogP contribution in [-0.2, 0) is 6.54 Å². The second kappa shape index (κ2) is 4.27. The van der Waals surface area contributed by atoms with E-state index in [2.05, 4.69) is 0 Å². The van der Waals surface area contributed by atoms with Crippen LogP contribution in [0.1, 0.15) is 5.56 Å². The second-order valence-electron chi connectivity index (χ2n) is 3.95. The third kappa shape index (κ3) is 1.78. The maximum absolute atomic E-state index is 12.1. The zero-order chi connectivity index (χ0) is 12.5. The van der Waals surface area contributed by atoms with Crippen molar-refractivity contribution in [2.24, 2.45) is 0 Å². The monoisotopic (exact) mass is 258 g/mol. The van der Waals surface area contributed by atoms with Crippen molar-refractivity contribution in [3.8, 4) is 0 Å². The molecule has 0 saturated carbocycles. The first-order valence-corrected chi connectivity index (χ1v) is 6.37. The summed E-state index contributed by atoms with van der Waals surface area (Å²) >= 11 is 1.38.